The molecule has 0 saturated carbocycles. The normalized spacial score (nSPS) is 52.8. The minimum atomic E-state index is -2.15. The fourth-order valence-corrected chi connectivity index (χ4v) is 5.49. The zero-order chi connectivity index (χ0) is 33.5. The van der Waals surface area contributed by atoms with Gasteiger partial charge in [0.1, 0.15) is 85.5 Å². The van der Waals surface area contributed by atoms with Crippen LogP contribution >= 0.6 is 0 Å². The molecule has 0 spiro atoms. The summed E-state index contributed by atoms with van der Waals surface area (Å²) >= 11 is 0. The number of carboxylic acid groups (broad SMARTS) is 1. The van der Waals surface area contributed by atoms with E-state index in [-0.39, 0.29) is 0 Å². The van der Waals surface area contributed by atoms with E-state index in [1.165, 1.54) is 6.92 Å². The van der Waals surface area contributed by atoms with Gasteiger partial charge in [-0.25, -0.2) is 4.79 Å². The van der Waals surface area contributed by atoms with Crippen LogP contribution in [-0.2, 0) is 38.0 Å². The lowest BCUT2D eigenvalue weighted by Gasteiger charge is -2.48. The molecule has 4 heterocycles. The van der Waals surface area contributed by atoms with Crippen LogP contribution in [0.5, 0.6) is 0 Å². The van der Waals surface area contributed by atoms with E-state index in [2.05, 4.69) is 0 Å². The maximum absolute atomic E-state index is 12.1. The summed E-state index contributed by atoms with van der Waals surface area (Å²) in [6.07, 6.45) is -36.5. The summed E-state index contributed by atoms with van der Waals surface area (Å²) in [7, 11) is 0. The molecule has 45 heavy (non-hydrogen) atoms. The lowest BCUT2D eigenvalue weighted by atomic mass is 9.95. The van der Waals surface area contributed by atoms with Gasteiger partial charge in [0.15, 0.2) is 31.3 Å². The molecule has 262 valence electrons. The first-order valence-electron chi connectivity index (χ1n) is 14.0. The number of carbonyl (C=O) groups is 1. The zero-order valence-corrected chi connectivity index (χ0v) is 23.5. The Kier molecular flexibility index (Phi) is 12.1. The highest BCUT2D eigenvalue weighted by Crippen LogP contribution is 2.34. The van der Waals surface area contributed by atoms with Gasteiger partial charge in [-0.3, -0.25) is 0 Å². The summed E-state index contributed by atoms with van der Waals surface area (Å²) in [5, 5.41) is 132. The third-order valence-corrected chi connectivity index (χ3v) is 8.13. The summed E-state index contributed by atoms with van der Waals surface area (Å²) in [6.45, 7) is -0.417. The monoisotopic (exact) mass is 664 g/mol. The van der Waals surface area contributed by atoms with Crippen molar-refractivity contribution in [1.82, 2.24) is 0 Å². The number of aliphatic carboxylic acids is 1. The first-order chi connectivity index (χ1) is 21.1. The predicted octanol–water partition coefficient (Wildman–Crippen LogP) is -8.63. The first-order valence-corrected chi connectivity index (χ1v) is 14.0. The van der Waals surface area contributed by atoms with Crippen LogP contribution < -0.4 is 0 Å². The Morgan fingerprint density at radius 2 is 0.978 bits per heavy atom. The van der Waals surface area contributed by atoms with Gasteiger partial charge in [0.2, 0.25) is 0 Å². The van der Waals surface area contributed by atoms with Gasteiger partial charge in [0, 0.05) is 0 Å². The molecule has 4 aliphatic rings. The second-order valence-corrected chi connectivity index (χ2v) is 11.2. The van der Waals surface area contributed by atoms with Crippen LogP contribution in [0.3, 0.4) is 0 Å². The molecule has 4 aliphatic heterocycles. The van der Waals surface area contributed by atoms with E-state index in [1.54, 1.807) is 0 Å². The van der Waals surface area contributed by atoms with Crippen LogP contribution in [0, 0.1) is 0 Å². The number of rotatable bonds is 9. The molecule has 0 radical (unpaired) electrons. The second-order valence-electron chi connectivity index (χ2n) is 11.2. The van der Waals surface area contributed by atoms with Crippen molar-refractivity contribution < 1.29 is 104 Å². The highest BCUT2D eigenvalue weighted by Gasteiger charge is 2.56. The van der Waals surface area contributed by atoms with Crippen LogP contribution in [0.4, 0.5) is 0 Å². The quantitative estimate of drug-likeness (QED) is 0.109. The van der Waals surface area contributed by atoms with E-state index in [9.17, 15) is 71.2 Å². The number of aliphatic hydroxyl groups excluding tert-OH is 12. The summed E-state index contributed by atoms with van der Waals surface area (Å²) in [5.74, 6) is -1.77. The molecule has 0 bridgehead atoms. The summed E-state index contributed by atoms with van der Waals surface area (Å²) in [6, 6.07) is 0. The Hall–Kier alpha value is -1.29. The van der Waals surface area contributed by atoms with E-state index in [0.717, 1.165) is 0 Å². The Balaban J connectivity index is 1.46. The summed E-state index contributed by atoms with van der Waals surface area (Å²) in [4.78, 5) is 12.1. The lowest BCUT2D eigenvalue weighted by molar-refractivity contribution is -0.383. The van der Waals surface area contributed by atoms with Gasteiger partial charge < -0.3 is 99.5 Å². The Bertz CT molecular complexity index is 971. The Morgan fingerprint density at radius 1 is 0.533 bits per heavy atom. The fourth-order valence-electron chi connectivity index (χ4n) is 5.49. The highest BCUT2D eigenvalue weighted by atomic mass is 16.8. The molecule has 4 saturated heterocycles. The molecule has 4 fully saturated rings. The molecule has 13 N–H and O–H groups in total. The minimum absolute atomic E-state index is 0.802. The minimum Gasteiger partial charge on any atom is -0.479 e. The molecule has 0 aromatic heterocycles. The molecule has 0 aromatic rings. The van der Waals surface area contributed by atoms with E-state index >= 15 is 0 Å². The number of hydrogen-bond acceptors (Lipinski definition) is 20. The number of hydrogen-bond donors (Lipinski definition) is 13. The van der Waals surface area contributed by atoms with Gasteiger partial charge in [-0.1, -0.05) is 0 Å². The molecular formula is C24H40O21. The van der Waals surface area contributed by atoms with Gasteiger partial charge in [0.25, 0.3) is 0 Å². The molecule has 0 amide bonds. The molecule has 4 rings (SSSR count). The summed E-state index contributed by atoms with van der Waals surface area (Å²) < 4.78 is 37.3. The molecule has 0 aliphatic carbocycles. The first kappa shape index (κ1) is 36.5. The smallest absolute Gasteiger partial charge is 0.335 e. The van der Waals surface area contributed by atoms with E-state index in [0.29, 0.717) is 0 Å². The fraction of sp³-hybridized carbons (Fsp3) is 0.958. The van der Waals surface area contributed by atoms with Crippen LogP contribution in [0.15, 0.2) is 0 Å². The maximum atomic E-state index is 12.1. The van der Waals surface area contributed by atoms with Crippen molar-refractivity contribution in [3.63, 3.8) is 0 Å². The van der Waals surface area contributed by atoms with Gasteiger partial charge >= 0.3 is 5.97 Å². The Labute approximate surface area is 253 Å². The number of carboxylic acids is 1. The van der Waals surface area contributed by atoms with E-state index in [1.807, 2.05) is 0 Å². The van der Waals surface area contributed by atoms with Crippen LogP contribution in [0.25, 0.3) is 0 Å². The van der Waals surface area contributed by atoms with Crippen molar-refractivity contribution in [2.24, 2.45) is 0 Å². The SMILES string of the molecule is C[C@@H]1OC(O)[C@@H](O)[C@H](O)[C@@H]1O[C@@H]1O[C@H](C(=O)O)[C@@H](O[C@H]2O[C@H](CO)[C@@H](O[C@@H]3O[C@H](CO)[C@H](O)[C@H](O)[C@H]3O)[C@H](O)[C@H]2O)[C@H](O)[C@H]1O. The van der Waals surface area contributed by atoms with Crippen molar-refractivity contribution in [2.75, 3.05) is 13.2 Å². The largest absolute Gasteiger partial charge is 0.479 e. The average Bonchev–Trinajstić information content (AvgIpc) is 3.00. The number of aliphatic hydroxyl groups is 12. The van der Waals surface area contributed by atoms with Crippen molar-refractivity contribution in [1.29, 1.82) is 0 Å². The third-order valence-electron chi connectivity index (χ3n) is 8.13. The van der Waals surface area contributed by atoms with Gasteiger partial charge in [-0.05, 0) is 6.92 Å². The number of ether oxygens (including phenoxy) is 7. The van der Waals surface area contributed by atoms with Gasteiger partial charge in [0.05, 0.1) is 19.3 Å². The second kappa shape index (κ2) is 14.9. The molecule has 1 unspecified atom stereocenters. The topological polar surface area (TPSA) is 345 Å². The van der Waals surface area contributed by atoms with Crippen molar-refractivity contribution >= 4 is 5.97 Å². The molecule has 20 atom stereocenters. The molecule has 21 heteroatoms. The lowest BCUT2D eigenvalue weighted by Crippen LogP contribution is -2.67. The maximum Gasteiger partial charge on any atom is 0.335 e. The van der Waals surface area contributed by atoms with E-state index in [4.69, 9.17) is 33.2 Å². The molecule has 21 nitrogen and oxygen atoms in total. The zero-order valence-electron chi connectivity index (χ0n) is 23.5. The van der Waals surface area contributed by atoms with E-state index < -0.39 is 142 Å². The predicted molar refractivity (Wildman–Crippen MR) is 133 cm³/mol. The molecular weight excluding hydrogens is 624 g/mol. The van der Waals surface area contributed by atoms with Crippen LogP contribution in [-0.4, -0.2) is 208 Å². The molecule has 0 aromatic carbocycles. The third kappa shape index (κ3) is 7.26. The standard InChI is InChI=1S/C24H40O21/c1-4-16(9(29)12(32)21(38)39-4)42-24-15(35)11(31)18(19(45-24)20(36)37)44-23-14(34)10(30)17(6(3-26)41-23)43-22-13(33)8(28)7(27)5(2-25)40-22/h4-19,21-35,38H,2-3H2,1H3,(H,36,37)/t4-,5+,6+,7-,8-,9-,10+,11+,12-,13+,14+,15+,16+,17+,18-,19-,21?,22-,23+,24+/m0/s1. The highest BCUT2D eigenvalue weighted by molar-refractivity contribution is 5.73. The van der Waals surface area contributed by atoms with Gasteiger partial charge in [-0.2, -0.15) is 0 Å². The summed E-state index contributed by atoms with van der Waals surface area (Å²) in [5.41, 5.74) is 0. The van der Waals surface area contributed by atoms with Crippen molar-refractivity contribution in [2.45, 2.75) is 130 Å². The van der Waals surface area contributed by atoms with Crippen molar-refractivity contribution in [3.05, 3.63) is 0 Å². The van der Waals surface area contributed by atoms with Crippen LogP contribution in [0.1, 0.15) is 6.92 Å². The Morgan fingerprint density at radius 3 is 1.53 bits per heavy atom. The van der Waals surface area contributed by atoms with Crippen LogP contribution in [0.2, 0.25) is 0 Å². The van der Waals surface area contributed by atoms with Crippen molar-refractivity contribution in [3.8, 4) is 0 Å². The van der Waals surface area contributed by atoms with Gasteiger partial charge in [-0.15, -0.1) is 0 Å². The average molecular weight is 665 g/mol.